The number of sulfonamides is 1. The molecule has 0 aliphatic carbocycles. The van der Waals surface area contributed by atoms with E-state index >= 15 is 0 Å². The van der Waals surface area contributed by atoms with Crippen molar-refractivity contribution in [3.63, 3.8) is 0 Å². The van der Waals surface area contributed by atoms with Crippen LogP contribution in [0.2, 0.25) is 5.02 Å². The van der Waals surface area contributed by atoms with Gasteiger partial charge in [-0.1, -0.05) is 36.7 Å². The third kappa shape index (κ3) is 6.05. The highest BCUT2D eigenvalue weighted by atomic mass is 35.5. The molecule has 6 nitrogen and oxygen atoms in total. The fourth-order valence-corrected chi connectivity index (χ4v) is 6.09. The van der Waals surface area contributed by atoms with Crippen molar-refractivity contribution in [1.29, 1.82) is 0 Å². The first-order valence-electron chi connectivity index (χ1n) is 11.0. The fraction of sp³-hybridized carbons (Fsp3) is 0.458. The van der Waals surface area contributed by atoms with Gasteiger partial charge in [-0.3, -0.25) is 4.79 Å². The summed E-state index contributed by atoms with van der Waals surface area (Å²) in [6.45, 7) is 4.39. The Balaban J connectivity index is 1.60. The molecular formula is C24H30ClFN2O4S. The lowest BCUT2D eigenvalue weighted by molar-refractivity contribution is -0.126. The van der Waals surface area contributed by atoms with Crippen LogP contribution in [0, 0.1) is 18.7 Å². The number of rotatable bonds is 8. The molecule has 0 radical (unpaired) electrons. The highest BCUT2D eigenvalue weighted by molar-refractivity contribution is 7.88. The third-order valence-corrected chi connectivity index (χ3v) is 8.31. The minimum atomic E-state index is -3.75. The minimum absolute atomic E-state index is 0.0281. The van der Waals surface area contributed by atoms with E-state index in [1.807, 2.05) is 32.0 Å². The maximum atomic E-state index is 14.1. The molecule has 0 bridgehead atoms. The number of carbonyl (C=O) groups excluding carboxylic acids is 1. The fourth-order valence-electron chi connectivity index (χ4n) is 4.17. The van der Waals surface area contributed by atoms with Gasteiger partial charge in [-0.25, -0.2) is 17.1 Å². The smallest absolute Gasteiger partial charge is 0.223 e. The molecule has 1 atom stereocenters. The van der Waals surface area contributed by atoms with Crippen molar-refractivity contribution in [2.75, 3.05) is 20.2 Å². The van der Waals surface area contributed by atoms with Crippen LogP contribution in [0.4, 0.5) is 4.39 Å². The summed E-state index contributed by atoms with van der Waals surface area (Å²) in [7, 11) is -2.12. The van der Waals surface area contributed by atoms with E-state index in [1.54, 1.807) is 7.11 Å². The van der Waals surface area contributed by atoms with Crippen molar-refractivity contribution in [1.82, 2.24) is 9.62 Å². The van der Waals surface area contributed by atoms with E-state index in [4.69, 9.17) is 16.3 Å². The van der Waals surface area contributed by atoms with Gasteiger partial charge in [0.25, 0.3) is 0 Å². The predicted octanol–water partition coefficient (Wildman–Crippen LogP) is 4.61. The van der Waals surface area contributed by atoms with Gasteiger partial charge in [0.05, 0.1) is 18.9 Å². The lowest BCUT2D eigenvalue weighted by Crippen LogP contribution is -2.44. The first-order valence-corrected chi connectivity index (χ1v) is 13.0. The number of carbonyl (C=O) groups is 1. The molecular weight excluding hydrogens is 467 g/mol. The third-order valence-electron chi connectivity index (χ3n) is 6.15. The Labute approximate surface area is 200 Å². The topological polar surface area (TPSA) is 75.7 Å². The average Bonchev–Trinajstić information content (AvgIpc) is 2.80. The van der Waals surface area contributed by atoms with Crippen molar-refractivity contribution >= 4 is 27.5 Å². The molecule has 0 aromatic heterocycles. The van der Waals surface area contributed by atoms with Crippen LogP contribution in [0.15, 0.2) is 36.4 Å². The molecule has 3 rings (SSSR count). The number of nitrogens with zero attached hydrogens (tertiary/aromatic N) is 1. The van der Waals surface area contributed by atoms with Crippen LogP contribution in [-0.4, -0.2) is 38.8 Å². The average molecular weight is 497 g/mol. The van der Waals surface area contributed by atoms with Gasteiger partial charge in [0.2, 0.25) is 15.9 Å². The number of benzene rings is 2. The Kier molecular flexibility index (Phi) is 8.37. The molecule has 0 unspecified atom stereocenters. The van der Waals surface area contributed by atoms with E-state index in [0.717, 1.165) is 23.3 Å². The van der Waals surface area contributed by atoms with Gasteiger partial charge in [0.15, 0.2) is 0 Å². The van der Waals surface area contributed by atoms with E-state index in [2.05, 4.69) is 5.32 Å². The molecule has 1 aliphatic rings. The van der Waals surface area contributed by atoms with Crippen molar-refractivity contribution in [2.45, 2.75) is 44.9 Å². The van der Waals surface area contributed by atoms with Crippen molar-refractivity contribution in [3.8, 4) is 5.75 Å². The molecule has 1 aliphatic heterocycles. The Hall–Kier alpha value is -2.16. The predicted molar refractivity (Wildman–Crippen MR) is 127 cm³/mol. The molecule has 1 N–H and O–H groups in total. The van der Waals surface area contributed by atoms with Gasteiger partial charge in [0, 0.05) is 29.6 Å². The molecule has 180 valence electrons. The van der Waals surface area contributed by atoms with Gasteiger partial charge in [-0.05, 0) is 55.5 Å². The zero-order chi connectivity index (χ0) is 24.2. The molecule has 2 aromatic rings. The van der Waals surface area contributed by atoms with Crippen LogP contribution < -0.4 is 10.1 Å². The van der Waals surface area contributed by atoms with Gasteiger partial charge in [-0.2, -0.15) is 0 Å². The van der Waals surface area contributed by atoms with Gasteiger partial charge in [-0.15, -0.1) is 0 Å². The zero-order valence-electron chi connectivity index (χ0n) is 19.1. The molecule has 1 fully saturated rings. The largest absolute Gasteiger partial charge is 0.496 e. The van der Waals surface area contributed by atoms with Crippen LogP contribution in [0.25, 0.3) is 0 Å². The van der Waals surface area contributed by atoms with Gasteiger partial charge in [0.1, 0.15) is 11.6 Å². The molecule has 1 saturated heterocycles. The second-order valence-electron chi connectivity index (χ2n) is 8.33. The number of piperidine rings is 1. The summed E-state index contributed by atoms with van der Waals surface area (Å²) in [5.41, 5.74) is 1.97. The monoisotopic (exact) mass is 496 g/mol. The highest BCUT2D eigenvalue weighted by Crippen LogP contribution is 2.28. The van der Waals surface area contributed by atoms with E-state index in [-0.39, 0.29) is 41.5 Å². The lowest BCUT2D eigenvalue weighted by Gasteiger charge is -2.31. The first-order chi connectivity index (χ1) is 15.7. The minimum Gasteiger partial charge on any atom is -0.496 e. The van der Waals surface area contributed by atoms with E-state index in [1.165, 1.54) is 22.5 Å². The van der Waals surface area contributed by atoms with Crippen LogP contribution in [-0.2, 0) is 20.6 Å². The standard InChI is InChI=1S/C24H30ClFN2O4S/c1-4-22(18-8-9-23(32-3)16(2)14-18)27-24(29)17-10-12-28(13-11-17)33(30,31)15-19-20(25)6-5-7-21(19)26/h5-9,14,17,22H,4,10-13,15H2,1-3H3,(H,27,29)/t22-/m0/s1. The van der Waals surface area contributed by atoms with Crippen molar-refractivity contribution in [2.24, 2.45) is 5.92 Å². The van der Waals surface area contributed by atoms with Crippen LogP contribution >= 0.6 is 11.6 Å². The molecule has 0 spiro atoms. The second kappa shape index (κ2) is 10.8. The molecule has 9 heteroatoms. The number of nitrogens with one attached hydrogen (secondary N) is 1. The Morgan fingerprint density at radius 1 is 1.27 bits per heavy atom. The summed E-state index contributed by atoms with van der Waals surface area (Å²) in [4.78, 5) is 12.9. The summed E-state index contributed by atoms with van der Waals surface area (Å²) in [5.74, 6) is -0.694. The first kappa shape index (κ1) is 25.5. The maximum absolute atomic E-state index is 14.1. The Morgan fingerprint density at radius 3 is 2.55 bits per heavy atom. The molecule has 33 heavy (non-hydrogen) atoms. The van der Waals surface area contributed by atoms with Crippen LogP contribution in [0.1, 0.15) is 48.9 Å². The molecule has 1 amide bonds. The number of methoxy groups -OCH3 is 1. The van der Waals surface area contributed by atoms with Crippen LogP contribution in [0.3, 0.4) is 0 Å². The van der Waals surface area contributed by atoms with E-state index in [9.17, 15) is 17.6 Å². The summed E-state index contributed by atoms with van der Waals surface area (Å²) in [6, 6.07) is 9.83. The SMILES string of the molecule is CC[C@H](NC(=O)C1CCN(S(=O)(=O)Cc2c(F)cccc2Cl)CC1)c1ccc(OC)c(C)c1. The number of aryl methyl sites for hydroxylation is 1. The summed E-state index contributed by atoms with van der Waals surface area (Å²) < 4.78 is 46.3. The molecule has 0 saturated carbocycles. The number of hydrogen-bond acceptors (Lipinski definition) is 4. The van der Waals surface area contributed by atoms with Crippen molar-refractivity contribution in [3.05, 3.63) is 63.9 Å². The highest BCUT2D eigenvalue weighted by Gasteiger charge is 2.32. The van der Waals surface area contributed by atoms with E-state index < -0.39 is 21.6 Å². The summed E-state index contributed by atoms with van der Waals surface area (Å²) >= 11 is 6.00. The normalized spacial score (nSPS) is 16.4. The number of amides is 1. The maximum Gasteiger partial charge on any atom is 0.223 e. The number of halogens is 2. The van der Waals surface area contributed by atoms with Crippen molar-refractivity contribution < 1.29 is 22.3 Å². The molecule has 2 aromatic carbocycles. The summed E-state index contributed by atoms with van der Waals surface area (Å²) in [6.07, 6.45) is 1.55. The number of ether oxygens (including phenoxy) is 1. The van der Waals surface area contributed by atoms with Gasteiger partial charge >= 0.3 is 0 Å². The van der Waals surface area contributed by atoms with E-state index in [0.29, 0.717) is 12.8 Å². The molecule has 1 heterocycles. The zero-order valence-corrected chi connectivity index (χ0v) is 20.7. The quantitative estimate of drug-likeness (QED) is 0.579. The Bertz CT molecular complexity index is 1080. The van der Waals surface area contributed by atoms with Crippen LogP contribution in [0.5, 0.6) is 5.75 Å². The number of hydrogen-bond donors (Lipinski definition) is 1. The lowest BCUT2D eigenvalue weighted by atomic mass is 9.95. The summed E-state index contributed by atoms with van der Waals surface area (Å²) in [5, 5.41) is 3.20. The second-order valence-corrected chi connectivity index (χ2v) is 10.7. The van der Waals surface area contributed by atoms with Gasteiger partial charge < -0.3 is 10.1 Å². The Morgan fingerprint density at radius 2 is 1.97 bits per heavy atom.